The summed E-state index contributed by atoms with van der Waals surface area (Å²) in [5.41, 5.74) is 1.48. The van der Waals surface area contributed by atoms with Gasteiger partial charge in [-0.1, -0.05) is 30.3 Å². The van der Waals surface area contributed by atoms with E-state index in [9.17, 15) is 4.79 Å². The lowest BCUT2D eigenvalue weighted by Gasteiger charge is -2.49. The Labute approximate surface area is 164 Å². The first kappa shape index (κ1) is 20.3. The Morgan fingerprint density at radius 3 is 2.30 bits per heavy atom. The predicted molar refractivity (Wildman–Crippen MR) is 110 cm³/mol. The molecule has 1 aliphatic carbocycles. The second-order valence-electron chi connectivity index (χ2n) is 9.50. The third-order valence-electron chi connectivity index (χ3n) is 7.23. The van der Waals surface area contributed by atoms with Gasteiger partial charge in [0.25, 0.3) is 0 Å². The molecule has 0 aromatic heterocycles. The molecule has 1 aromatic carbocycles. The molecule has 4 nitrogen and oxygen atoms in total. The van der Waals surface area contributed by atoms with Gasteiger partial charge < -0.3 is 9.64 Å². The summed E-state index contributed by atoms with van der Waals surface area (Å²) in [6.45, 7) is 5.80. The van der Waals surface area contributed by atoms with Crippen molar-refractivity contribution in [1.82, 2.24) is 9.80 Å². The molecule has 2 fully saturated rings. The van der Waals surface area contributed by atoms with Crippen LogP contribution in [-0.2, 0) is 15.1 Å². The van der Waals surface area contributed by atoms with E-state index in [4.69, 9.17) is 4.74 Å². The van der Waals surface area contributed by atoms with Gasteiger partial charge in [-0.25, -0.2) is 0 Å². The fourth-order valence-corrected chi connectivity index (χ4v) is 5.04. The lowest BCUT2D eigenvalue weighted by molar-refractivity contribution is -0.136. The first-order valence-electron chi connectivity index (χ1n) is 10.3. The summed E-state index contributed by atoms with van der Waals surface area (Å²) in [6.07, 6.45) is 6.32. The van der Waals surface area contributed by atoms with E-state index in [1.807, 2.05) is 13.8 Å². The summed E-state index contributed by atoms with van der Waals surface area (Å²) in [6, 6.07) is 10.9. The topological polar surface area (TPSA) is 32.8 Å². The smallest absolute Gasteiger partial charge is 0.225 e. The first-order valence-corrected chi connectivity index (χ1v) is 10.3. The van der Waals surface area contributed by atoms with E-state index < -0.39 is 0 Å². The molecule has 0 N–H and O–H groups in total. The molecule has 0 radical (unpaired) electrons. The maximum atomic E-state index is 12.7. The maximum Gasteiger partial charge on any atom is 0.225 e. The molecule has 1 spiro atoms. The Kier molecular flexibility index (Phi) is 5.69. The van der Waals surface area contributed by atoms with Crippen LogP contribution in [0.5, 0.6) is 0 Å². The van der Waals surface area contributed by atoms with Crippen LogP contribution in [0.2, 0.25) is 0 Å². The Hall–Kier alpha value is -1.39. The molecule has 1 saturated heterocycles. The minimum atomic E-state index is -0.382. The van der Waals surface area contributed by atoms with Crippen LogP contribution < -0.4 is 0 Å². The van der Waals surface area contributed by atoms with Gasteiger partial charge in [-0.3, -0.25) is 9.69 Å². The van der Waals surface area contributed by atoms with E-state index in [2.05, 4.69) is 54.2 Å². The number of benzene rings is 1. The molecule has 2 aliphatic rings. The molecular formula is C23H36N2O2. The fourth-order valence-electron chi connectivity index (χ4n) is 5.04. The monoisotopic (exact) mass is 372 g/mol. The van der Waals surface area contributed by atoms with E-state index in [-0.39, 0.29) is 17.0 Å². The summed E-state index contributed by atoms with van der Waals surface area (Å²) in [5, 5.41) is 0. The van der Waals surface area contributed by atoms with Gasteiger partial charge in [-0.2, -0.15) is 0 Å². The van der Waals surface area contributed by atoms with Crippen molar-refractivity contribution in [3.63, 3.8) is 0 Å². The molecule has 1 aliphatic heterocycles. The molecule has 27 heavy (non-hydrogen) atoms. The summed E-state index contributed by atoms with van der Waals surface area (Å²) >= 11 is 0. The van der Waals surface area contributed by atoms with Crippen LogP contribution in [0, 0.1) is 5.41 Å². The van der Waals surface area contributed by atoms with Crippen molar-refractivity contribution in [3.8, 4) is 0 Å². The normalized spacial score (nSPS) is 28.9. The van der Waals surface area contributed by atoms with E-state index in [0.717, 1.165) is 32.4 Å². The Balaban J connectivity index is 1.67. The number of ether oxygens (including phenoxy) is 1. The molecule has 0 unspecified atom stereocenters. The second kappa shape index (κ2) is 7.56. The highest BCUT2D eigenvalue weighted by Crippen LogP contribution is 2.51. The van der Waals surface area contributed by atoms with Crippen molar-refractivity contribution in [2.75, 3.05) is 34.3 Å². The number of hydrogen-bond acceptors (Lipinski definition) is 3. The van der Waals surface area contributed by atoms with Crippen LogP contribution in [0.1, 0.15) is 57.9 Å². The van der Waals surface area contributed by atoms with Gasteiger partial charge >= 0.3 is 0 Å². The highest BCUT2D eigenvalue weighted by atomic mass is 16.5. The lowest BCUT2D eigenvalue weighted by atomic mass is 9.64. The Bertz CT molecular complexity index is 646. The molecule has 1 amide bonds. The third kappa shape index (κ3) is 4.07. The number of nitrogens with zero attached hydrogens (tertiary/aromatic N) is 2. The summed E-state index contributed by atoms with van der Waals surface area (Å²) in [5.74, 6) is 0.242. The SMILES string of the molecule is COC(C)(C)CC(=O)N1CCC2(CCC(c3ccccc3)(N(C)C)CC2)C1. The van der Waals surface area contributed by atoms with Crippen molar-refractivity contribution in [2.45, 2.75) is 63.5 Å². The average molecular weight is 373 g/mol. The van der Waals surface area contributed by atoms with E-state index in [1.165, 1.54) is 18.4 Å². The zero-order valence-corrected chi connectivity index (χ0v) is 17.8. The molecule has 1 heterocycles. The van der Waals surface area contributed by atoms with Gasteiger partial charge in [-0.15, -0.1) is 0 Å². The molecular weight excluding hydrogens is 336 g/mol. The quantitative estimate of drug-likeness (QED) is 0.782. The molecule has 0 atom stereocenters. The van der Waals surface area contributed by atoms with Crippen LogP contribution in [0.4, 0.5) is 0 Å². The van der Waals surface area contributed by atoms with Gasteiger partial charge in [-0.05, 0) is 71.0 Å². The Morgan fingerprint density at radius 1 is 1.11 bits per heavy atom. The van der Waals surface area contributed by atoms with Crippen molar-refractivity contribution >= 4 is 5.91 Å². The highest BCUT2D eigenvalue weighted by Gasteiger charge is 2.48. The van der Waals surface area contributed by atoms with Crippen molar-refractivity contribution in [2.24, 2.45) is 5.41 Å². The van der Waals surface area contributed by atoms with Crippen molar-refractivity contribution in [3.05, 3.63) is 35.9 Å². The lowest BCUT2D eigenvalue weighted by Crippen LogP contribution is -2.47. The number of methoxy groups -OCH3 is 1. The van der Waals surface area contributed by atoms with Gasteiger partial charge in [0.15, 0.2) is 0 Å². The number of rotatable bonds is 5. The number of hydrogen-bond donors (Lipinski definition) is 0. The Morgan fingerprint density at radius 2 is 1.74 bits per heavy atom. The first-order chi connectivity index (χ1) is 12.7. The van der Waals surface area contributed by atoms with Gasteiger partial charge in [0.1, 0.15) is 0 Å². The fraction of sp³-hybridized carbons (Fsp3) is 0.696. The standard InChI is InChI=1S/C23H36N2O2/c1-21(2,27-5)17-20(26)25-16-15-22(18-25)11-13-23(14-12-22,24(3)4)19-9-7-6-8-10-19/h6-10H,11-18H2,1-5H3. The molecule has 1 saturated carbocycles. The van der Waals surface area contributed by atoms with Crippen LogP contribution in [0.3, 0.4) is 0 Å². The molecule has 1 aromatic rings. The number of amides is 1. The maximum absolute atomic E-state index is 12.7. The summed E-state index contributed by atoms with van der Waals surface area (Å²) in [7, 11) is 6.11. The highest BCUT2D eigenvalue weighted by molar-refractivity contribution is 5.77. The molecule has 0 bridgehead atoms. The third-order valence-corrected chi connectivity index (χ3v) is 7.23. The van der Waals surface area contributed by atoms with E-state index in [0.29, 0.717) is 11.8 Å². The largest absolute Gasteiger partial charge is 0.378 e. The van der Waals surface area contributed by atoms with Crippen LogP contribution >= 0.6 is 0 Å². The zero-order chi connectivity index (χ0) is 19.7. The summed E-state index contributed by atoms with van der Waals surface area (Å²) in [4.78, 5) is 17.2. The molecule has 150 valence electrons. The van der Waals surface area contributed by atoms with E-state index in [1.54, 1.807) is 7.11 Å². The zero-order valence-electron chi connectivity index (χ0n) is 17.8. The minimum absolute atomic E-state index is 0.127. The van der Waals surface area contributed by atoms with Crippen LogP contribution in [-0.4, -0.2) is 55.6 Å². The van der Waals surface area contributed by atoms with Crippen molar-refractivity contribution in [1.29, 1.82) is 0 Å². The number of carbonyl (C=O) groups excluding carboxylic acids is 1. The second-order valence-corrected chi connectivity index (χ2v) is 9.50. The number of likely N-dealkylation sites (tertiary alicyclic amines) is 1. The van der Waals surface area contributed by atoms with Crippen LogP contribution in [0.15, 0.2) is 30.3 Å². The molecule has 3 rings (SSSR count). The number of carbonyl (C=O) groups is 1. The summed E-state index contributed by atoms with van der Waals surface area (Å²) < 4.78 is 5.45. The van der Waals surface area contributed by atoms with Crippen LogP contribution in [0.25, 0.3) is 0 Å². The minimum Gasteiger partial charge on any atom is -0.378 e. The van der Waals surface area contributed by atoms with Gasteiger partial charge in [0.05, 0.1) is 12.0 Å². The van der Waals surface area contributed by atoms with Gasteiger partial charge in [0, 0.05) is 25.7 Å². The van der Waals surface area contributed by atoms with E-state index >= 15 is 0 Å². The average Bonchev–Trinajstić information content (AvgIpc) is 3.07. The molecule has 4 heteroatoms. The predicted octanol–water partition coefficient (Wildman–Crippen LogP) is 4.05. The van der Waals surface area contributed by atoms with Gasteiger partial charge in [0.2, 0.25) is 5.91 Å². The van der Waals surface area contributed by atoms with Crippen molar-refractivity contribution < 1.29 is 9.53 Å².